The third kappa shape index (κ3) is 4.47. The summed E-state index contributed by atoms with van der Waals surface area (Å²) < 4.78 is 31.4. The maximum absolute atomic E-state index is 12.5. The van der Waals surface area contributed by atoms with Gasteiger partial charge in [-0.15, -0.1) is 3.77 Å². The Bertz CT molecular complexity index is 879. The topological polar surface area (TPSA) is 92.9 Å². The maximum Gasteiger partial charge on any atom is 0.289 e. The molecule has 128 valence electrons. The van der Waals surface area contributed by atoms with Crippen LogP contribution < -0.4 is 0 Å². The molecule has 0 aliphatic carbocycles. The molecule has 10 heteroatoms. The van der Waals surface area contributed by atoms with Crippen LogP contribution in [0.3, 0.4) is 0 Å². The minimum Gasteiger partial charge on any atom is -0.258 e. The zero-order valence-electron chi connectivity index (χ0n) is 12.8. The van der Waals surface area contributed by atoms with Gasteiger partial charge in [0.05, 0.1) is 9.82 Å². The number of hydrogen-bond acceptors (Lipinski definition) is 4. The van der Waals surface area contributed by atoms with E-state index in [0.29, 0.717) is 4.90 Å². The van der Waals surface area contributed by atoms with E-state index in [-0.39, 0.29) is 10.6 Å². The fourth-order valence-corrected chi connectivity index (χ4v) is 5.26. The summed E-state index contributed by atoms with van der Waals surface area (Å²) >= 11 is 3.25. The zero-order valence-corrected chi connectivity index (χ0v) is 16.0. The summed E-state index contributed by atoms with van der Waals surface area (Å²) in [5.74, 6) is 0. The van der Waals surface area contributed by atoms with Gasteiger partial charge in [-0.2, -0.15) is 8.42 Å². The summed E-state index contributed by atoms with van der Waals surface area (Å²) in [6.07, 6.45) is 0. The number of nitro groups is 1. The van der Waals surface area contributed by atoms with Gasteiger partial charge < -0.3 is 0 Å². The molecule has 0 amide bonds. The lowest BCUT2D eigenvalue weighted by atomic mass is 10.3. The first-order valence-corrected chi connectivity index (χ1v) is 9.98. The molecule has 0 N–H and O–H groups in total. The van der Waals surface area contributed by atoms with Crippen LogP contribution in [0, 0.1) is 10.1 Å². The number of halogens is 1. The fourth-order valence-electron chi connectivity index (χ4n) is 1.75. The summed E-state index contributed by atoms with van der Waals surface area (Å²) in [5.41, 5.74) is -0.0585. The third-order valence-corrected chi connectivity index (χ3v) is 7.02. The van der Waals surface area contributed by atoms with Crippen molar-refractivity contribution in [2.75, 3.05) is 14.1 Å². The molecule has 0 aliphatic heterocycles. The van der Waals surface area contributed by atoms with E-state index in [1.165, 1.54) is 36.4 Å². The van der Waals surface area contributed by atoms with Crippen molar-refractivity contribution in [3.8, 4) is 0 Å². The molecule has 0 saturated carbocycles. The zero-order chi connectivity index (χ0) is 17.9. The fraction of sp³-hybridized carbons (Fsp3) is 0.143. The van der Waals surface area contributed by atoms with Crippen LogP contribution in [-0.4, -0.2) is 31.7 Å². The Kier molecular flexibility index (Phi) is 5.86. The molecule has 0 unspecified atom stereocenters. The number of non-ortho nitro benzene ring substituents is 1. The summed E-state index contributed by atoms with van der Waals surface area (Å²) in [6.45, 7) is 0. The second kappa shape index (κ2) is 7.51. The Morgan fingerprint density at radius 1 is 1.08 bits per heavy atom. The van der Waals surface area contributed by atoms with Gasteiger partial charge in [-0.1, -0.05) is 15.9 Å². The molecule has 24 heavy (non-hydrogen) atoms. The highest BCUT2D eigenvalue weighted by Gasteiger charge is 2.17. The maximum atomic E-state index is 12.5. The van der Waals surface area contributed by atoms with Crippen molar-refractivity contribution >= 4 is 42.5 Å². The number of nitro benzene ring substituents is 1. The predicted octanol–water partition coefficient (Wildman–Crippen LogP) is 3.38. The second-order valence-corrected chi connectivity index (χ2v) is 9.49. The number of benzene rings is 2. The molecular weight excluding hydrogens is 418 g/mol. The van der Waals surface area contributed by atoms with Gasteiger partial charge in [0, 0.05) is 32.4 Å². The molecule has 0 bridgehead atoms. The molecule has 0 fully saturated rings. The van der Waals surface area contributed by atoms with Crippen LogP contribution in [0.5, 0.6) is 0 Å². The normalized spacial score (nSPS) is 13.2. The molecule has 0 aliphatic rings. The van der Waals surface area contributed by atoms with E-state index in [1.54, 1.807) is 30.5 Å². The van der Waals surface area contributed by atoms with Crippen LogP contribution in [0.25, 0.3) is 0 Å². The predicted molar refractivity (Wildman–Crippen MR) is 96.2 cm³/mol. The summed E-state index contributed by atoms with van der Waals surface area (Å²) in [7, 11) is -1.56. The summed E-state index contributed by atoms with van der Waals surface area (Å²) in [5, 5.41) is 10.7. The number of rotatable bonds is 5. The number of sulfonamides is 1. The Balaban J connectivity index is 2.48. The quantitative estimate of drug-likeness (QED) is 0.534. The standard InChI is InChI=1S/C14H14BrN3O4S2/c1-17(2)23(13-7-5-12(6-8-13)18(19)20)16-24(21,22)14-9-3-11(15)4-10-14/h3-10H,1-2H3/t23-/m0/s1. The van der Waals surface area contributed by atoms with Crippen molar-refractivity contribution in [3.05, 3.63) is 63.1 Å². The molecule has 0 spiro atoms. The van der Waals surface area contributed by atoms with Crippen molar-refractivity contribution in [1.82, 2.24) is 4.31 Å². The van der Waals surface area contributed by atoms with E-state index < -0.39 is 25.8 Å². The molecule has 0 aromatic heterocycles. The van der Waals surface area contributed by atoms with E-state index in [2.05, 4.69) is 19.7 Å². The van der Waals surface area contributed by atoms with Crippen LogP contribution in [0.1, 0.15) is 0 Å². The molecule has 7 nitrogen and oxygen atoms in total. The highest BCUT2D eigenvalue weighted by Crippen LogP contribution is 2.22. The first kappa shape index (κ1) is 18.7. The Labute approximate surface area is 150 Å². The lowest BCUT2D eigenvalue weighted by molar-refractivity contribution is -0.384. The molecule has 2 aromatic carbocycles. The van der Waals surface area contributed by atoms with E-state index in [9.17, 15) is 18.5 Å². The SMILES string of the molecule is CN(C)[S@](=NS(=O)(=O)c1ccc(Br)cc1)c1ccc([N+](=O)[O-])cc1. The molecule has 2 aromatic rings. The highest BCUT2D eigenvalue weighted by molar-refractivity contribution is 9.10. The van der Waals surface area contributed by atoms with Crippen LogP contribution in [0.2, 0.25) is 0 Å². The Morgan fingerprint density at radius 2 is 1.62 bits per heavy atom. The largest absolute Gasteiger partial charge is 0.289 e. The molecule has 0 radical (unpaired) electrons. The summed E-state index contributed by atoms with van der Waals surface area (Å²) in [6, 6.07) is 11.9. The smallest absolute Gasteiger partial charge is 0.258 e. The number of nitrogens with zero attached hydrogens (tertiary/aromatic N) is 3. The molecule has 2 rings (SSSR count). The average Bonchev–Trinajstić information content (AvgIpc) is 2.53. The van der Waals surface area contributed by atoms with Gasteiger partial charge in [0.2, 0.25) is 0 Å². The monoisotopic (exact) mass is 431 g/mol. The van der Waals surface area contributed by atoms with Gasteiger partial charge in [0.1, 0.15) is 0 Å². The summed E-state index contributed by atoms with van der Waals surface area (Å²) in [4.78, 5) is 10.9. The lowest BCUT2D eigenvalue weighted by Crippen LogP contribution is -2.17. The molecule has 0 heterocycles. The van der Waals surface area contributed by atoms with Crippen molar-refractivity contribution in [2.45, 2.75) is 9.79 Å². The second-order valence-electron chi connectivity index (χ2n) is 4.83. The van der Waals surface area contributed by atoms with Gasteiger partial charge in [-0.25, -0.2) is 4.31 Å². The van der Waals surface area contributed by atoms with Crippen LogP contribution in [0.4, 0.5) is 5.69 Å². The van der Waals surface area contributed by atoms with Gasteiger partial charge in [0.25, 0.3) is 15.7 Å². The Morgan fingerprint density at radius 3 is 2.08 bits per heavy atom. The molecule has 1 atom stereocenters. The van der Waals surface area contributed by atoms with E-state index >= 15 is 0 Å². The molecular formula is C14H14BrN3O4S2. The van der Waals surface area contributed by atoms with Crippen molar-refractivity contribution in [3.63, 3.8) is 0 Å². The molecule has 0 saturated heterocycles. The lowest BCUT2D eigenvalue weighted by Gasteiger charge is -2.15. The third-order valence-electron chi connectivity index (χ3n) is 2.88. The highest BCUT2D eigenvalue weighted by atomic mass is 79.9. The minimum atomic E-state index is -3.85. The van der Waals surface area contributed by atoms with E-state index in [0.717, 1.165) is 4.47 Å². The minimum absolute atomic E-state index is 0.0585. The van der Waals surface area contributed by atoms with Crippen molar-refractivity contribution in [2.24, 2.45) is 3.77 Å². The van der Waals surface area contributed by atoms with Crippen LogP contribution >= 0.6 is 15.9 Å². The van der Waals surface area contributed by atoms with Crippen LogP contribution in [0.15, 0.2) is 66.6 Å². The first-order chi connectivity index (χ1) is 11.2. The van der Waals surface area contributed by atoms with Crippen LogP contribution in [-0.2, 0) is 20.9 Å². The van der Waals surface area contributed by atoms with Crippen molar-refractivity contribution < 1.29 is 13.3 Å². The Hall–Kier alpha value is -1.62. The van der Waals surface area contributed by atoms with E-state index in [1.807, 2.05) is 0 Å². The van der Waals surface area contributed by atoms with Gasteiger partial charge in [-0.05, 0) is 50.5 Å². The van der Waals surface area contributed by atoms with Gasteiger partial charge in [0.15, 0.2) is 0 Å². The first-order valence-electron chi connectivity index (χ1n) is 6.60. The van der Waals surface area contributed by atoms with Crippen molar-refractivity contribution in [1.29, 1.82) is 0 Å². The number of hydrogen-bond donors (Lipinski definition) is 0. The van der Waals surface area contributed by atoms with E-state index in [4.69, 9.17) is 0 Å². The van der Waals surface area contributed by atoms with Gasteiger partial charge >= 0.3 is 0 Å². The average molecular weight is 432 g/mol. The van der Waals surface area contributed by atoms with Gasteiger partial charge in [-0.3, -0.25) is 10.1 Å².